The minimum absolute atomic E-state index is 0.180. The highest BCUT2D eigenvalue weighted by Gasteiger charge is 2.16. The zero-order chi connectivity index (χ0) is 20.2. The fraction of sp³-hybridized carbons (Fsp3) is 0.300. The normalized spacial score (nSPS) is 13.6. The summed E-state index contributed by atoms with van der Waals surface area (Å²) in [7, 11) is 1.77. The number of nitrogens with zero attached hydrogens (tertiary/aromatic N) is 3. The summed E-state index contributed by atoms with van der Waals surface area (Å²) in [6.07, 6.45) is -0.678. The predicted octanol–water partition coefficient (Wildman–Crippen LogP) is 3.02. The summed E-state index contributed by atoms with van der Waals surface area (Å²) < 4.78 is 31.9. The van der Waals surface area contributed by atoms with Crippen LogP contribution in [-0.4, -0.2) is 45.1 Å². The minimum atomic E-state index is -0.678. The number of halogens is 1. The van der Waals surface area contributed by atoms with Crippen LogP contribution in [0.4, 0.5) is 4.39 Å². The van der Waals surface area contributed by atoms with Gasteiger partial charge in [-0.1, -0.05) is 30.0 Å². The summed E-state index contributed by atoms with van der Waals surface area (Å²) >= 11 is 1.34. The second-order valence-electron chi connectivity index (χ2n) is 6.51. The number of fused-ring (bicyclic) bond motifs is 1. The van der Waals surface area contributed by atoms with Gasteiger partial charge in [0.2, 0.25) is 6.79 Å². The summed E-state index contributed by atoms with van der Waals surface area (Å²) in [5.74, 6) is 1.90. The second-order valence-corrected chi connectivity index (χ2v) is 7.50. The third-order valence-electron chi connectivity index (χ3n) is 4.37. The van der Waals surface area contributed by atoms with E-state index >= 15 is 0 Å². The topological polar surface area (TPSA) is 78.6 Å². The number of ether oxygens (including phenoxy) is 3. The van der Waals surface area contributed by atoms with Crippen molar-refractivity contribution in [2.24, 2.45) is 7.05 Å². The molecule has 29 heavy (non-hydrogen) atoms. The molecule has 7 nitrogen and oxygen atoms in total. The van der Waals surface area contributed by atoms with Gasteiger partial charge in [-0.25, -0.2) is 4.39 Å². The Bertz CT molecular complexity index is 998. The summed E-state index contributed by atoms with van der Waals surface area (Å²) in [6.45, 7) is 0.773. The summed E-state index contributed by atoms with van der Waals surface area (Å²) in [4.78, 5) is 0. The zero-order valence-corrected chi connectivity index (χ0v) is 16.6. The van der Waals surface area contributed by atoms with Crippen LogP contribution in [0.2, 0.25) is 0 Å². The van der Waals surface area contributed by atoms with E-state index in [2.05, 4.69) is 10.2 Å². The van der Waals surface area contributed by atoms with Gasteiger partial charge in [-0.3, -0.25) is 0 Å². The first-order valence-corrected chi connectivity index (χ1v) is 10.0. The molecule has 1 aliphatic rings. The fourth-order valence-electron chi connectivity index (χ4n) is 2.88. The third-order valence-corrected chi connectivity index (χ3v) is 5.54. The molecule has 0 spiro atoms. The van der Waals surface area contributed by atoms with Gasteiger partial charge in [0.15, 0.2) is 22.5 Å². The van der Waals surface area contributed by atoms with E-state index in [1.807, 2.05) is 18.2 Å². The van der Waals surface area contributed by atoms with Gasteiger partial charge >= 0.3 is 0 Å². The standard InChI is InChI=1S/C20H20FN3O4S/c1-24-19(15-4-2-3-5-16(15)21)22-23-20(24)29-11-14(25)10-26-9-13-6-7-17-18(8-13)28-12-27-17/h2-8,14,25H,9-12H2,1H3/t14-/m0/s1. The molecule has 2 heterocycles. The van der Waals surface area contributed by atoms with E-state index in [9.17, 15) is 9.50 Å². The number of benzene rings is 2. The molecule has 0 fully saturated rings. The van der Waals surface area contributed by atoms with Crippen molar-refractivity contribution < 1.29 is 23.7 Å². The summed E-state index contributed by atoms with van der Waals surface area (Å²) in [5, 5.41) is 19.0. The van der Waals surface area contributed by atoms with Crippen LogP contribution < -0.4 is 9.47 Å². The van der Waals surface area contributed by atoms with Crippen LogP contribution >= 0.6 is 11.8 Å². The smallest absolute Gasteiger partial charge is 0.231 e. The van der Waals surface area contributed by atoms with E-state index in [-0.39, 0.29) is 19.2 Å². The molecule has 1 aliphatic heterocycles. The van der Waals surface area contributed by atoms with Gasteiger partial charge in [0.25, 0.3) is 0 Å². The highest BCUT2D eigenvalue weighted by molar-refractivity contribution is 7.99. The molecule has 0 saturated heterocycles. The summed E-state index contributed by atoms with van der Waals surface area (Å²) in [5.41, 5.74) is 1.33. The van der Waals surface area contributed by atoms with Crippen molar-refractivity contribution in [2.45, 2.75) is 17.9 Å². The Morgan fingerprint density at radius 3 is 2.90 bits per heavy atom. The van der Waals surface area contributed by atoms with Gasteiger partial charge < -0.3 is 23.9 Å². The van der Waals surface area contributed by atoms with Crippen LogP contribution in [0, 0.1) is 5.82 Å². The van der Waals surface area contributed by atoms with Gasteiger partial charge in [0.1, 0.15) is 5.82 Å². The molecule has 152 valence electrons. The predicted molar refractivity (Wildman–Crippen MR) is 105 cm³/mol. The Morgan fingerprint density at radius 2 is 2.03 bits per heavy atom. The van der Waals surface area contributed by atoms with E-state index < -0.39 is 6.10 Å². The van der Waals surface area contributed by atoms with Gasteiger partial charge in [0.05, 0.1) is 24.9 Å². The Hall–Kier alpha value is -2.62. The van der Waals surface area contributed by atoms with Crippen molar-refractivity contribution in [2.75, 3.05) is 19.2 Å². The number of thioether (sulfide) groups is 1. The molecule has 1 N–H and O–H groups in total. The highest BCUT2D eigenvalue weighted by Crippen LogP contribution is 2.32. The van der Waals surface area contributed by atoms with Crippen molar-refractivity contribution in [1.29, 1.82) is 0 Å². The molecule has 4 rings (SSSR count). The fourth-order valence-corrected chi connectivity index (χ4v) is 3.70. The third kappa shape index (κ3) is 4.52. The summed E-state index contributed by atoms with van der Waals surface area (Å²) in [6, 6.07) is 12.0. The Balaban J connectivity index is 1.27. The number of aliphatic hydroxyl groups is 1. The van der Waals surface area contributed by atoms with Crippen molar-refractivity contribution in [3.63, 3.8) is 0 Å². The van der Waals surface area contributed by atoms with Gasteiger partial charge in [-0.2, -0.15) is 0 Å². The van der Waals surface area contributed by atoms with Crippen LogP contribution in [0.25, 0.3) is 11.4 Å². The lowest BCUT2D eigenvalue weighted by atomic mass is 10.2. The molecule has 0 saturated carbocycles. The Labute approximate surface area is 171 Å². The van der Waals surface area contributed by atoms with Crippen molar-refractivity contribution in [3.05, 3.63) is 53.8 Å². The molecule has 0 bridgehead atoms. The quantitative estimate of drug-likeness (QED) is 0.565. The molecular formula is C20H20FN3O4S. The first-order valence-electron chi connectivity index (χ1n) is 9.03. The second kappa shape index (κ2) is 8.81. The maximum atomic E-state index is 14.0. The van der Waals surface area contributed by atoms with Crippen LogP contribution in [0.1, 0.15) is 5.56 Å². The van der Waals surface area contributed by atoms with E-state index in [4.69, 9.17) is 14.2 Å². The molecular weight excluding hydrogens is 397 g/mol. The molecule has 1 atom stereocenters. The van der Waals surface area contributed by atoms with E-state index in [1.54, 1.807) is 29.8 Å². The number of rotatable bonds is 8. The lowest BCUT2D eigenvalue weighted by Gasteiger charge is -2.11. The van der Waals surface area contributed by atoms with Crippen LogP contribution in [0.5, 0.6) is 11.5 Å². The number of hydrogen-bond donors (Lipinski definition) is 1. The highest BCUT2D eigenvalue weighted by atomic mass is 32.2. The van der Waals surface area contributed by atoms with Crippen molar-refractivity contribution in [1.82, 2.24) is 14.8 Å². The number of hydrogen-bond acceptors (Lipinski definition) is 7. The van der Waals surface area contributed by atoms with Gasteiger partial charge in [-0.15, -0.1) is 10.2 Å². The van der Waals surface area contributed by atoms with Crippen LogP contribution in [-0.2, 0) is 18.4 Å². The molecule has 3 aromatic rings. The monoisotopic (exact) mass is 417 g/mol. The first kappa shape index (κ1) is 19.7. The molecule has 0 aliphatic carbocycles. The van der Waals surface area contributed by atoms with Gasteiger partial charge in [0, 0.05) is 12.8 Å². The Morgan fingerprint density at radius 1 is 1.21 bits per heavy atom. The molecule has 1 aromatic heterocycles. The molecule has 0 unspecified atom stereocenters. The minimum Gasteiger partial charge on any atom is -0.454 e. The molecule has 0 amide bonds. The lowest BCUT2D eigenvalue weighted by molar-refractivity contribution is 0.0397. The van der Waals surface area contributed by atoms with Crippen molar-refractivity contribution >= 4 is 11.8 Å². The largest absolute Gasteiger partial charge is 0.454 e. The maximum Gasteiger partial charge on any atom is 0.231 e. The molecule has 0 radical (unpaired) electrons. The average Bonchev–Trinajstić information content (AvgIpc) is 3.33. The number of aromatic nitrogens is 3. The lowest BCUT2D eigenvalue weighted by Crippen LogP contribution is -2.18. The molecule has 9 heteroatoms. The zero-order valence-electron chi connectivity index (χ0n) is 15.7. The van der Waals surface area contributed by atoms with E-state index in [0.29, 0.717) is 34.7 Å². The van der Waals surface area contributed by atoms with Crippen molar-refractivity contribution in [3.8, 4) is 22.9 Å². The first-order chi connectivity index (χ1) is 14.1. The molecule has 2 aromatic carbocycles. The Kier molecular flexibility index (Phi) is 5.98. The SMILES string of the molecule is Cn1c(SC[C@@H](O)COCc2ccc3c(c2)OCO3)nnc1-c1ccccc1F. The van der Waals surface area contributed by atoms with Crippen LogP contribution in [0.15, 0.2) is 47.6 Å². The van der Waals surface area contributed by atoms with Crippen LogP contribution in [0.3, 0.4) is 0 Å². The average molecular weight is 417 g/mol. The maximum absolute atomic E-state index is 14.0. The van der Waals surface area contributed by atoms with Gasteiger partial charge in [-0.05, 0) is 29.8 Å². The van der Waals surface area contributed by atoms with E-state index in [1.165, 1.54) is 17.8 Å². The number of aliphatic hydroxyl groups excluding tert-OH is 1. The van der Waals surface area contributed by atoms with E-state index in [0.717, 1.165) is 11.3 Å².